The average molecular weight is 497 g/mol. The third-order valence-corrected chi connectivity index (χ3v) is 6.74. The fraction of sp³-hybridized carbons (Fsp3) is 0.190. The lowest BCUT2D eigenvalue weighted by atomic mass is 10.2. The van der Waals surface area contributed by atoms with Crippen LogP contribution < -0.4 is 5.32 Å². The molecule has 0 aliphatic carbocycles. The van der Waals surface area contributed by atoms with E-state index in [1.54, 1.807) is 18.3 Å². The molecule has 0 radical (unpaired) electrons. The molecule has 4 rings (SSSR count). The minimum atomic E-state index is -4.55. The highest BCUT2D eigenvalue weighted by molar-refractivity contribution is 7.91. The second-order valence-electron chi connectivity index (χ2n) is 6.99. The summed E-state index contributed by atoms with van der Waals surface area (Å²) in [7, 11) is -3.73. The van der Waals surface area contributed by atoms with Gasteiger partial charge in [0.2, 0.25) is 5.89 Å². The minimum absolute atomic E-state index is 0.0629. The van der Waals surface area contributed by atoms with Crippen LogP contribution in [-0.2, 0) is 22.6 Å². The van der Waals surface area contributed by atoms with Crippen LogP contribution in [0.4, 0.5) is 19.0 Å². The van der Waals surface area contributed by atoms with Gasteiger partial charge in [0.05, 0.1) is 16.2 Å². The molecule has 0 atom stereocenters. The van der Waals surface area contributed by atoms with E-state index in [0.29, 0.717) is 17.5 Å². The van der Waals surface area contributed by atoms with Crippen LogP contribution in [0.3, 0.4) is 0 Å². The zero-order valence-electron chi connectivity index (χ0n) is 17.0. The number of pyridine rings is 2. The standard InChI is InChI=1S/C21H16ClF3N4O3S/c1-2-33(30,31)16-6-8-18(27-11-12-3-7-17(22)26-10-12)29-19(16)20-28-14-9-13(21(23,24)25)4-5-15(14)32-20/h3-10H,2,11H2,1H3,(H,27,29). The molecule has 0 unspecified atom stereocenters. The van der Waals surface area contributed by atoms with Crippen LogP contribution in [0.1, 0.15) is 18.1 Å². The quantitative estimate of drug-likeness (QED) is 0.359. The summed E-state index contributed by atoms with van der Waals surface area (Å²) in [5, 5.41) is 3.39. The van der Waals surface area contributed by atoms with Crippen molar-refractivity contribution in [3.8, 4) is 11.6 Å². The Hall–Kier alpha value is -3.18. The fourth-order valence-corrected chi connectivity index (χ4v) is 4.14. The highest BCUT2D eigenvalue weighted by Crippen LogP contribution is 2.34. The van der Waals surface area contributed by atoms with Gasteiger partial charge < -0.3 is 9.73 Å². The summed E-state index contributed by atoms with van der Waals surface area (Å²) in [5.74, 6) is -0.0926. The first-order valence-electron chi connectivity index (χ1n) is 9.63. The number of rotatable bonds is 6. The molecule has 12 heteroatoms. The van der Waals surface area contributed by atoms with E-state index < -0.39 is 21.6 Å². The molecule has 0 amide bonds. The Bertz CT molecular complexity index is 1420. The van der Waals surface area contributed by atoms with Crippen molar-refractivity contribution >= 4 is 38.4 Å². The average Bonchev–Trinajstić information content (AvgIpc) is 3.21. The van der Waals surface area contributed by atoms with Crippen molar-refractivity contribution in [2.24, 2.45) is 0 Å². The zero-order valence-corrected chi connectivity index (χ0v) is 18.6. The van der Waals surface area contributed by atoms with E-state index >= 15 is 0 Å². The number of aromatic nitrogens is 3. The molecule has 0 saturated carbocycles. The normalized spacial score (nSPS) is 12.3. The van der Waals surface area contributed by atoms with Crippen LogP contribution >= 0.6 is 11.6 Å². The molecule has 0 aliphatic rings. The molecule has 7 nitrogen and oxygen atoms in total. The number of hydrogen-bond acceptors (Lipinski definition) is 7. The zero-order chi connectivity index (χ0) is 23.8. The number of hydrogen-bond donors (Lipinski definition) is 1. The molecule has 172 valence electrons. The van der Waals surface area contributed by atoms with Crippen molar-refractivity contribution < 1.29 is 26.0 Å². The fourth-order valence-electron chi connectivity index (χ4n) is 3.01. The molecule has 3 aromatic heterocycles. The number of anilines is 1. The highest BCUT2D eigenvalue weighted by atomic mass is 35.5. The van der Waals surface area contributed by atoms with Gasteiger partial charge in [-0.2, -0.15) is 13.2 Å². The molecule has 1 N–H and O–H groups in total. The second kappa shape index (κ2) is 8.64. The number of nitrogens with zero attached hydrogens (tertiary/aromatic N) is 3. The SMILES string of the molecule is CCS(=O)(=O)c1ccc(NCc2ccc(Cl)nc2)nc1-c1nc2cc(C(F)(F)F)ccc2o1. The molecule has 4 aromatic rings. The third kappa shape index (κ3) is 4.93. The lowest BCUT2D eigenvalue weighted by Gasteiger charge is -2.10. The van der Waals surface area contributed by atoms with Gasteiger partial charge in [0.1, 0.15) is 22.2 Å². The van der Waals surface area contributed by atoms with E-state index in [1.165, 1.54) is 19.1 Å². The van der Waals surface area contributed by atoms with E-state index in [-0.39, 0.29) is 33.3 Å². The number of alkyl halides is 3. The maximum absolute atomic E-state index is 13.0. The lowest BCUT2D eigenvalue weighted by molar-refractivity contribution is -0.137. The van der Waals surface area contributed by atoms with Crippen LogP contribution in [0.5, 0.6) is 0 Å². The molecule has 0 aliphatic heterocycles. The van der Waals surface area contributed by atoms with E-state index in [2.05, 4.69) is 20.3 Å². The first-order chi connectivity index (χ1) is 15.6. The Morgan fingerprint density at radius 2 is 1.88 bits per heavy atom. The minimum Gasteiger partial charge on any atom is -0.435 e. The molecule has 0 bridgehead atoms. The summed E-state index contributed by atoms with van der Waals surface area (Å²) < 4.78 is 69.9. The maximum Gasteiger partial charge on any atom is 0.416 e. The summed E-state index contributed by atoms with van der Waals surface area (Å²) in [6.45, 7) is 1.79. The van der Waals surface area contributed by atoms with E-state index in [4.69, 9.17) is 16.0 Å². The number of sulfone groups is 1. The first kappa shape index (κ1) is 23.0. The molecule has 0 spiro atoms. The predicted octanol–water partition coefficient (Wildman–Crippen LogP) is 5.36. The van der Waals surface area contributed by atoms with Gasteiger partial charge in [-0.05, 0) is 42.0 Å². The van der Waals surface area contributed by atoms with E-state index in [0.717, 1.165) is 23.8 Å². The molecule has 0 fully saturated rings. The molecular weight excluding hydrogens is 481 g/mol. The first-order valence-corrected chi connectivity index (χ1v) is 11.7. The predicted molar refractivity (Wildman–Crippen MR) is 117 cm³/mol. The number of benzene rings is 1. The van der Waals surface area contributed by atoms with Gasteiger partial charge in [-0.3, -0.25) is 0 Å². The number of halogens is 4. The Morgan fingerprint density at radius 1 is 1.09 bits per heavy atom. The van der Waals surface area contributed by atoms with Crippen LogP contribution in [0.2, 0.25) is 5.15 Å². The smallest absolute Gasteiger partial charge is 0.416 e. The van der Waals surface area contributed by atoms with Gasteiger partial charge in [0.15, 0.2) is 15.4 Å². The summed E-state index contributed by atoms with van der Waals surface area (Å²) >= 11 is 5.78. The number of fused-ring (bicyclic) bond motifs is 1. The second-order valence-corrected chi connectivity index (χ2v) is 9.62. The van der Waals surface area contributed by atoms with Crippen LogP contribution in [0, 0.1) is 0 Å². The number of oxazole rings is 1. The molecular formula is C21H16ClF3N4O3S. The summed E-state index contributed by atoms with van der Waals surface area (Å²) in [5.41, 5.74) is -0.177. The van der Waals surface area contributed by atoms with Gasteiger partial charge in [0.25, 0.3) is 0 Å². The highest BCUT2D eigenvalue weighted by Gasteiger charge is 2.31. The van der Waals surface area contributed by atoms with Crippen LogP contribution in [0.25, 0.3) is 22.7 Å². The van der Waals surface area contributed by atoms with Gasteiger partial charge in [-0.1, -0.05) is 24.6 Å². The van der Waals surface area contributed by atoms with Gasteiger partial charge in [-0.15, -0.1) is 0 Å². The van der Waals surface area contributed by atoms with Crippen LogP contribution in [0.15, 0.2) is 58.0 Å². The van der Waals surface area contributed by atoms with Crippen LogP contribution in [-0.4, -0.2) is 29.1 Å². The largest absolute Gasteiger partial charge is 0.435 e. The van der Waals surface area contributed by atoms with Gasteiger partial charge >= 0.3 is 6.18 Å². The van der Waals surface area contributed by atoms with Crippen molar-refractivity contribution in [3.63, 3.8) is 0 Å². The van der Waals surface area contributed by atoms with Crippen molar-refractivity contribution in [2.45, 2.75) is 24.5 Å². The molecule has 33 heavy (non-hydrogen) atoms. The topological polar surface area (TPSA) is 98.0 Å². The van der Waals surface area contributed by atoms with Crippen molar-refractivity contribution in [1.29, 1.82) is 0 Å². The summed E-state index contributed by atoms with van der Waals surface area (Å²) in [6.07, 6.45) is -2.98. The van der Waals surface area contributed by atoms with E-state index in [1.807, 2.05) is 0 Å². The van der Waals surface area contributed by atoms with Crippen molar-refractivity contribution in [2.75, 3.05) is 11.1 Å². The van der Waals surface area contributed by atoms with Gasteiger partial charge in [-0.25, -0.2) is 23.4 Å². The Balaban J connectivity index is 1.75. The monoisotopic (exact) mass is 496 g/mol. The van der Waals surface area contributed by atoms with Crippen molar-refractivity contribution in [1.82, 2.24) is 15.0 Å². The lowest BCUT2D eigenvalue weighted by Crippen LogP contribution is -2.09. The molecule has 1 aromatic carbocycles. The molecule has 3 heterocycles. The van der Waals surface area contributed by atoms with Crippen molar-refractivity contribution in [3.05, 3.63) is 64.9 Å². The Labute approximate surface area is 191 Å². The summed E-state index contributed by atoms with van der Waals surface area (Å²) in [6, 6.07) is 9.08. The van der Waals surface area contributed by atoms with E-state index in [9.17, 15) is 21.6 Å². The number of nitrogens with one attached hydrogen (secondary N) is 1. The Morgan fingerprint density at radius 3 is 2.55 bits per heavy atom. The summed E-state index contributed by atoms with van der Waals surface area (Å²) in [4.78, 5) is 12.3. The molecule has 0 saturated heterocycles. The van der Waals surface area contributed by atoms with Gasteiger partial charge in [0, 0.05) is 12.7 Å². The maximum atomic E-state index is 13.0. The third-order valence-electron chi connectivity index (χ3n) is 4.75. The Kier molecular flexibility index (Phi) is 6.02.